The summed E-state index contributed by atoms with van der Waals surface area (Å²) in [4.78, 5) is 29.5. The number of rotatable bonds is 5. The number of hydrogen-bond acceptors (Lipinski definition) is 6. The predicted octanol–water partition coefficient (Wildman–Crippen LogP) is 0.845. The van der Waals surface area contributed by atoms with Crippen LogP contribution >= 0.6 is 0 Å². The van der Waals surface area contributed by atoms with E-state index in [4.69, 9.17) is 0 Å². The molecule has 0 bridgehead atoms. The molecule has 0 atom stereocenters. The molecule has 10 nitrogen and oxygen atoms in total. The van der Waals surface area contributed by atoms with Crippen LogP contribution in [0.5, 0.6) is 0 Å². The fourth-order valence-electron chi connectivity index (χ4n) is 4.04. The van der Waals surface area contributed by atoms with Gasteiger partial charge in [0.2, 0.25) is 10.0 Å². The minimum atomic E-state index is -3.15. The predicted molar refractivity (Wildman–Crippen MR) is 118 cm³/mol. The number of imidazole rings is 1. The van der Waals surface area contributed by atoms with Gasteiger partial charge in [0.05, 0.1) is 11.8 Å². The second-order valence-electron chi connectivity index (χ2n) is 7.82. The molecule has 1 aliphatic heterocycles. The van der Waals surface area contributed by atoms with Crippen molar-refractivity contribution in [2.24, 2.45) is 0 Å². The van der Waals surface area contributed by atoms with Crippen molar-refractivity contribution in [3.05, 3.63) is 47.3 Å². The number of fused-ring (bicyclic) bond motifs is 2. The zero-order valence-corrected chi connectivity index (χ0v) is 17.9. The molecule has 4 aromatic rings. The number of aromatic nitrogens is 5. The lowest BCUT2D eigenvalue weighted by molar-refractivity contribution is 0.183. The van der Waals surface area contributed by atoms with Crippen molar-refractivity contribution in [1.82, 2.24) is 33.7 Å². The van der Waals surface area contributed by atoms with Gasteiger partial charge in [0.15, 0.2) is 5.65 Å². The third-order valence-electron chi connectivity index (χ3n) is 5.80. The maximum absolute atomic E-state index is 12.5. The molecule has 0 aliphatic carbocycles. The topological polar surface area (TPSA) is 120 Å². The first-order valence-corrected chi connectivity index (χ1v) is 11.9. The summed E-state index contributed by atoms with van der Waals surface area (Å²) in [7, 11) is -3.15. The average Bonchev–Trinajstić information content (AvgIpc) is 3.34. The van der Waals surface area contributed by atoms with E-state index in [0.29, 0.717) is 44.9 Å². The van der Waals surface area contributed by atoms with Crippen LogP contribution in [0.4, 0.5) is 0 Å². The van der Waals surface area contributed by atoms with Gasteiger partial charge in [0.25, 0.3) is 0 Å². The number of pyridine rings is 2. The summed E-state index contributed by atoms with van der Waals surface area (Å²) in [6.45, 7) is 3.40. The van der Waals surface area contributed by atoms with Crippen molar-refractivity contribution >= 4 is 32.2 Å². The maximum Gasteiger partial charge on any atom is 0.327 e. The summed E-state index contributed by atoms with van der Waals surface area (Å²) in [5, 5.41) is 1.01. The lowest BCUT2D eigenvalue weighted by Gasteiger charge is -2.33. The Morgan fingerprint density at radius 2 is 1.71 bits per heavy atom. The van der Waals surface area contributed by atoms with Crippen LogP contribution in [0.2, 0.25) is 0 Å². The molecular formula is C20H23N7O3S. The van der Waals surface area contributed by atoms with Gasteiger partial charge in [-0.25, -0.2) is 23.2 Å². The highest BCUT2D eigenvalue weighted by Gasteiger charge is 2.23. The molecule has 0 spiro atoms. The van der Waals surface area contributed by atoms with Crippen LogP contribution in [0.1, 0.15) is 0 Å². The van der Waals surface area contributed by atoms with Crippen molar-refractivity contribution in [1.29, 1.82) is 0 Å². The number of nitrogens with one attached hydrogen (secondary N) is 2. The van der Waals surface area contributed by atoms with E-state index >= 15 is 0 Å². The van der Waals surface area contributed by atoms with E-state index in [0.717, 1.165) is 27.7 Å². The lowest BCUT2D eigenvalue weighted by atomic mass is 10.1. The first kappa shape index (κ1) is 19.9. The molecule has 1 fully saturated rings. The van der Waals surface area contributed by atoms with Gasteiger partial charge in [0.1, 0.15) is 5.65 Å². The van der Waals surface area contributed by atoms with E-state index in [1.54, 1.807) is 17.0 Å². The van der Waals surface area contributed by atoms with Crippen LogP contribution in [-0.4, -0.2) is 81.1 Å². The third-order valence-corrected chi connectivity index (χ3v) is 7.11. The second-order valence-corrected chi connectivity index (χ2v) is 9.80. The molecule has 1 saturated heterocycles. The normalized spacial score (nSPS) is 16.4. The Morgan fingerprint density at radius 1 is 1.00 bits per heavy atom. The summed E-state index contributed by atoms with van der Waals surface area (Å²) in [6, 6.07) is 5.96. The molecule has 0 saturated carbocycles. The summed E-state index contributed by atoms with van der Waals surface area (Å²) in [6.07, 6.45) is 6.62. The highest BCUT2D eigenvalue weighted by atomic mass is 32.2. The quantitative estimate of drug-likeness (QED) is 0.474. The number of H-pyrrole nitrogens is 2. The van der Waals surface area contributed by atoms with Crippen LogP contribution in [0.3, 0.4) is 0 Å². The molecular weight excluding hydrogens is 418 g/mol. The van der Waals surface area contributed by atoms with Gasteiger partial charge >= 0.3 is 5.69 Å². The van der Waals surface area contributed by atoms with E-state index in [9.17, 15) is 13.2 Å². The third kappa shape index (κ3) is 3.87. The Balaban J connectivity index is 1.37. The Kier molecular flexibility index (Phi) is 4.88. The average molecular weight is 442 g/mol. The molecule has 0 aromatic carbocycles. The minimum absolute atomic E-state index is 0.200. The summed E-state index contributed by atoms with van der Waals surface area (Å²) in [5.74, 6) is 0. The van der Waals surface area contributed by atoms with Crippen LogP contribution < -0.4 is 5.69 Å². The first-order valence-electron chi connectivity index (χ1n) is 10.1. The highest BCUT2D eigenvalue weighted by molar-refractivity contribution is 7.88. The van der Waals surface area contributed by atoms with Crippen LogP contribution in [0.15, 0.2) is 41.6 Å². The Bertz CT molecular complexity index is 1410. The van der Waals surface area contributed by atoms with E-state index in [1.165, 1.54) is 10.6 Å². The summed E-state index contributed by atoms with van der Waals surface area (Å²) in [5.41, 5.74) is 3.73. The molecule has 1 aliphatic rings. The standard InChI is InChI=1S/C20H23N7O3S/c1-31(29,30)26-7-4-25(5-8-26)6-9-27-17-11-16(13-23-19(17)24-20(27)28)15-10-14-2-3-21-18(14)22-12-15/h2-3,10-13H,4-9H2,1H3,(H,21,22)(H,23,24,28). The summed E-state index contributed by atoms with van der Waals surface area (Å²) < 4.78 is 26.5. The van der Waals surface area contributed by atoms with Crippen LogP contribution in [0, 0.1) is 0 Å². The molecule has 31 heavy (non-hydrogen) atoms. The lowest BCUT2D eigenvalue weighted by Crippen LogP contribution is -2.49. The molecule has 0 amide bonds. The van der Waals surface area contributed by atoms with E-state index in [1.807, 2.05) is 24.4 Å². The summed E-state index contributed by atoms with van der Waals surface area (Å²) >= 11 is 0. The number of sulfonamides is 1. The van der Waals surface area contributed by atoms with Gasteiger partial charge < -0.3 is 4.98 Å². The molecule has 0 unspecified atom stereocenters. The molecule has 5 heterocycles. The number of nitrogens with zero attached hydrogens (tertiary/aromatic N) is 5. The van der Waals surface area contributed by atoms with Gasteiger partial charge in [-0.15, -0.1) is 0 Å². The van der Waals surface area contributed by atoms with Gasteiger partial charge in [-0.05, 0) is 18.2 Å². The molecule has 0 radical (unpaired) electrons. The smallest absolute Gasteiger partial charge is 0.327 e. The Labute approximate surface area is 178 Å². The maximum atomic E-state index is 12.5. The first-order chi connectivity index (χ1) is 14.9. The SMILES string of the molecule is CS(=O)(=O)N1CCN(CCn2c(=O)[nH]c3ncc(-c4cnc5[nH]ccc5c4)cc32)CC1. The van der Waals surface area contributed by atoms with E-state index in [2.05, 4.69) is 24.8 Å². The number of aromatic amines is 2. The zero-order chi connectivity index (χ0) is 21.6. The van der Waals surface area contributed by atoms with Crippen molar-refractivity contribution < 1.29 is 8.42 Å². The number of hydrogen-bond donors (Lipinski definition) is 2. The van der Waals surface area contributed by atoms with Crippen LogP contribution in [0.25, 0.3) is 33.3 Å². The number of piperazine rings is 1. The van der Waals surface area contributed by atoms with Crippen molar-refractivity contribution in [2.45, 2.75) is 6.54 Å². The highest BCUT2D eigenvalue weighted by Crippen LogP contribution is 2.24. The van der Waals surface area contributed by atoms with E-state index < -0.39 is 10.0 Å². The van der Waals surface area contributed by atoms with Gasteiger partial charge in [-0.2, -0.15) is 4.31 Å². The van der Waals surface area contributed by atoms with E-state index in [-0.39, 0.29) is 5.69 Å². The second kappa shape index (κ2) is 7.59. The molecule has 4 aromatic heterocycles. The fraction of sp³-hybridized carbons (Fsp3) is 0.350. The van der Waals surface area contributed by atoms with Crippen LogP contribution in [-0.2, 0) is 16.6 Å². The minimum Gasteiger partial charge on any atom is -0.346 e. The molecule has 5 rings (SSSR count). The Morgan fingerprint density at radius 3 is 2.45 bits per heavy atom. The van der Waals surface area contributed by atoms with Crippen molar-refractivity contribution in [3.8, 4) is 11.1 Å². The Hall–Kier alpha value is -3.02. The fourth-order valence-corrected chi connectivity index (χ4v) is 4.86. The molecule has 2 N–H and O–H groups in total. The van der Waals surface area contributed by atoms with Gasteiger partial charge in [-0.3, -0.25) is 14.5 Å². The molecule has 11 heteroatoms. The monoisotopic (exact) mass is 441 g/mol. The van der Waals surface area contributed by atoms with Crippen molar-refractivity contribution in [3.63, 3.8) is 0 Å². The van der Waals surface area contributed by atoms with Crippen molar-refractivity contribution in [2.75, 3.05) is 39.0 Å². The zero-order valence-electron chi connectivity index (χ0n) is 17.1. The van der Waals surface area contributed by atoms with Gasteiger partial charge in [0, 0.05) is 74.4 Å². The molecule has 162 valence electrons. The largest absolute Gasteiger partial charge is 0.346 e. The van der Waals surface area contributed by atoms with Gasteiger partial charge in [-0.1, -0.05) is 0 Å².